The fourth-order valence-corrected chi connectivity index (χ4v) is 1.64. The molecule has 11 heavy (non-hydrogen) atoms. The Bertz CT molecular complexity index is 129. The van der Waals surface area contributed by atoms with Crippen LogP contribution in [0, 0.1) is 11.3 Å². The Hall–Kier alpha value is -0.0400. The number of hydrogen-bond acceptors (Lipinski definition) is 1. The lowest BCUT2D eigenvalue weighted by Crippen LogP contribution is -2.34. The van der Waals surface area contributed by atoms with Crippen molar-refractivity contribution >= 4 is 0 Å². The van der Waals surface area contributed by atoms with Gasteiger partial charge in [0.2, 0.25) is 0 Å². The van der Waals surface area contributed by atoms with Crippen LogP contribution in [0.3, 0.4) is 0 Å². The Morgan fingerprint density at radius 3 is 2.27 bits per heavy atom. The molecule has 1 nitrogen and oxygen atoms in total. The molecule has 1 heteroatoms. The van der Waals surface area contributed by atoms with Crippen molar-refractivity contribution in [3.05, 3.63) is 0 Å². The molecule has 0 spiro atoms. The first-order valence-corrected chi connectivity index (χ1v) is 4.73. The van der Waals surface area contributed by atoms with Crippen molar-refractivity contribution in [3.8, 4) is 0 Å². The molecule has 66 valence electrons. The molecular weight excluding hydrogens is 136 g/mol. The highest BCUT2D eigenvalue weighted by Gasteiger charge is 2.32. The summed E-state index contributed by atoms with van der Waals surface area (Å²) < 4.78 is 0. The quantitative estimate of drug-likeness (QED) is 0.666. The van der Waals surface area contributed by atoms with Gasteiger partial charge in [-0.1, -0.05) is 27.2 Å². The maximum absolute atomic E-state index is 9.37. The number of rotatable bonds is 3. The summed E-state index contributed by atoms with van der Waals surface area (Å²) in [5.74, 6) is 0.602. The molecule has 2 atom stereocenters. The zero-order valence-electron chi connectivity index (χ0n) is 7.93. The SMILES string of the molecule is CCC(C)(C)CC1CCC1O. The molecule has 0 aromatic heterocycles. The second-order valence-electron chi connectivity index (χ2n) is 4.63. The lowest BCUT2D eigenvalue weighted by atomic mass is 9.71. The van der Waals surface area contributed by atoms with E-state index in [1.165, 1.54) is 19.3 Å². The predicted octanol–water partition coefficient (Wildman–Crippen LogP) is 2.58. The fraction of sp³-hybridized carbons (Fsp3) is 1.00. The number of hydrogen-bond donors (Lipinski definition) is 1. The van der Waals surface area contributed by atoms with Gasteiger partial charge in [0.1, 0.15) is 0 Å². The third-order valence-electron chi connectivity index (χ3n) is 3.15. The summed E-state index contributed by atoms with van der Waals surface area (Å²) in [4.78, 5) is 0. The average Bonchev–Trinajstić information content (AvgIpc) is 1.98. The van der Waals surface area contributed by atoms with Gasteiger partial charge in [0, 0.05) is 0 Å². The van der Waals surface area contributed by atoms with Crippen molar-refractivity contribution in [3.63, 3.8) is 0 Å². The zero-order valence-corrected chi connectivity index (χ0v) is 7.93. The maximum atomic E-state index is 9.37. The Kier molecular flexibility index (Phi) is 2.58. The highest BCUT2D eigenvalue weighted by Crippen LogP contribution is 2.38. The largest absolute Gasteiger partial charge is 0.393 e. The van der Waals surface area contributed by atoms with Crippen LogP contribution in [0.25, 0.3) is 0 Å². The Labute approximate surface area is 69.8 Å². The molecule has 0 aromatic carbocycles. The van der Waals surface area contributed by atoms with E-state index in [4.69, 9.17) is 0 Å². The van der Waals surface area contributed by atoms with Gasteiger partial charge in [-0.2, -0.15) is 0 Å². The summed E-state index contributed by atoms with van der Waals surface area (Å²) in [7, 11) is 0. The summed E-state index contributed by atoms with van der Waals surface area (Å²) in [6.45, 7) is 6.81. The Morgan fingerprint density at radius 1 is 1.36 bits per heavy atom. The van der Waals surface area contributed by atoms with E-state index in [1.807, 2.05) is 0 Å². The van der Waals surface area contributed by atoms with Gasteiger partial charge >= 0.3 is 0 Å². The van der Waals surface area contributed by atoms with Gasteiger partial charge < -0.3 is 5.11 Å². The van der Waals surface area contributed by atoms with Crippen LogP contribution in [0.1, 0.15) is 46.5 Å². The molecule has 1 rings (SSSR count). The topological polar surface area (TPSA) is 20.2 Å². The molecule has 2 unspecified atom stereocenters. The van der Waals surface area contributed by atoms with Crippen molar-refractivity contribution in [2.75, 3.05) is 0 Å². The van der Waals surface area contributed by atoms with E-state index < -0.39 is 0 Å². The van der Waals surface area contributed by atoms with Gasteiger partial charge in [-0.05, 0) is 30.6 Å². The van der Waals surface area contributed by atoms with Crippen LogP contribution in [0.4, 0.5) is 0 Å². The van der Waals surface area contributed by atoms with Gasteiger partial charge in [-0.25, -0.2) is 0 Å². The molecule has 1 saturated carbocycles. The standard InChI is InChI=1S/C10H20O/c1-4-10(2,3)7-8-5-6-9(8)11/h8-9,11H,4-7H2,1-3H3. The minimum atomic E-state index is 0.0147. The van der Waals surface area contributed by atoms with Gasteiger partial charge in [-0.15, -0.1) is 0 Å². The second kappa shape index (κ2) is 3.14. The van der Waals surface area contributed by atoms with Crippen molar-refractivity contribution in [1.82, 2.24) is 0 Å². The molecule has 1 aliphatic rings. The highest BCUT2D eigenvalue weighted by molar-refractivity contribution is 4.84. The first-order chi connectivity index (χ1) is 5.05. The highest BCUT2D eigenvalue weighted by atomic mass is 16.3. The molecule has 0 bridgehead atoms. The normalized spacial score (nSPS) is 31.6. The van der Waals surface area contributed by atoms with Crippen molar-refractivity contribution in [1.29, 1.82) is 0 Å². The van der Waals surface area contributed by atoms with E-state index in [2.05, 4.69) is 20.8 Å². The van der Waals surface area contributed by atoms with Crippen LogP contribution in [0.2, 0.25) is 0 Å². The van der Waals surface area contributed by atoms with Crippen LogP contribution in [0.5, 0.6) is 0 Å². The summed E-state index contributed by atoms with van der Waals surface area (Å²) in [6.07, 6.45) is 4.71. The molecule has 0 radical (unpaired) electrons. The van der Waals surface area contributed by atoms with Crippen LogP contribution in [0.15, 0.2) is 0 Å². The third kappa shape index (κ3) is 2.19. The third-order valence-corrected chi connectivity index (χ3v) is 3.15. The van der Waals surface area contributed by atoms with Crippen molar-refractivity contribution in [2.24, 2.45) is 11.3 Å². The van der Waals surface area contributed by atoms with Gasteiger partial charge in [0.25, 0.3) is 0 Å². The fourth-order valence-electron chi connectivity index (χ4n) is 1.64. The van der Waals surface area contributed by atoms with Crippen LogP contribution in [-0.2, 0) is 0 Å². The van der Waals surface area contributed by atoms with E-state index in [0.29, 0.717) is 11.3 Å². The predicted molar refractivity (Wildman–Crippen MR) is 47.4 cm³/mol. The lowest BCUT2D eigenvalue weighted by molar-refractivity contribution is -0.000828. The molecule has 0 amide bonds. The first kappa shape index (κ1) is 9.05. The lowest BCUT2D eigenvalue weighted by Gasteiger charge is -2.38. The minimum Gasteiger partial charge on any atom is -0.393 e. The summed E-state index contributed by atoms with van der Waals surface area (Å²) in [5, 5.41) is 9.37. The van der Waals surface area contributed by atoms with E-state index in [-0.39, 0.29) is 6.10 Å². The van der Waals surface area contributed by atoms with E-state index in [0.717, 1.165) is 6.42 Å². The molecule has 0 aliphatic heterocycles. The molecule has 0 saturated heterocycles. The average molecular weight is 156 g/mol. The molecule has 1 fully saturated rings. The van der Waals surface area contributed by atoms with Gasteiger partial charge in [-0.3, -0.25) is 0 Å². The molecule has 0 aromatic rings. The van der Waals surface area contributed by atoms with Crippen LogP contribution < -0.4 is 0 Å². The maximum Gasteiger partial charge on any atom is 0.0568 e. The van der Waals surface area contributed by atoms with E-state index >= 15 is 0 Å². The second-order valence-corrected chi connectivity index (χ2v) is 4.63. The van der Waals surface area contributed by atoms with Crippen molar-refractivity contribution in [2.45, 2.75) is 52.6 Å². The van der Waals surface area contributed by atoms with Crippen molar-refractivity contribution < 1.29 is 5.11 Å². The summed E-state index contributed by atoms with van der Waals surface area (Å²) >= 11 is 0. The summed E-state index contributed by atoms with van der Waals surface area (Å²) in [5.41, 5.74) is 0.437. The minimum absolute atomic E-state index is 0.0147. The Balaban J connectivity index is 2.29. The molecule has 0 heterocycles. The smallest absolute Gasteiger partial charge is 0.0568 e. The van der Waals surface area contributed by atoms with E-state index in [9.17, 15) is 5.11 Å². The van der Waals surface area contributed by atoms with Crippen LogP contribution >= 0.6 is 0 Å². The molecule has 1 aliphatic carbocycles. The van der Waals surface area contributed by atoms with E-state index in [1.54, 1.807) is 0 Å². The molecule has 1 N–H and O–H groups in total. The number of aliphatic hydroxyl groups is 1. The monoisotopic (exact) mass is 156 g/mol. The van der Waals surface area contributed by atoms with Crippen LogP contribution in [-0.4, -0.2) is 11.2 Å². The van der Waals surface area contributed by atoms with Gasteiger partial charge in [0.15, 0.2) is 0 Å². The molecular formula is C10H20O. The number of aliphatic hydroxyl groups excluding tert-OH is 1. The zero-order chi connectivity index (χ0) is 8.48. The Morgan fingerprint density at radius 2 is 2.00 bits per heavy atom. The first-order valence-electron chi connectivity index (χ1n) is 4.73. The summed E-state index contributed by atoms with van der Waals surface area (Å²) in [6, 6.07) is 0. The van der Waals surface area contributed by atoms with Gasteiger partial charge in [0.05, 0.1) is 6.10 Å².